The molecule has 2 aromatic carbocycles. The fourth-order valence-electron chi connectivity index (χ4n) is 3.04. The first kappa shape index (κ1) is 11.5. The van der Waals surface area contributed by atoms with Crippen molar-refractivity contribution in [2.24, 2.45) is 5.73 Å². The van der Waals surface area contributed by atoms with E-state index < -0.39 is 0 Å². The maximum Gasteiger partial charge on any atom is 0.0277 e. The van der Waals surface area contributed by atoms with Crippen LogP contribution in [-0.2, 0) is 19.3 Å². The molecule has 92 valence electrons. The molecule has 0 saturated heterocycles. The van der Waals surface area contributed by atoms with E-state index in [4.69, 9.17) is 5.73 Å². The Morgan fingerprint density at radius 1 is 0.944 bits per heavy atom. The van der Waals surface area contributed by atoms with E-state index in [9.17, 15) is 0 Å². The van der Waals surface area contributed by atoms with Crippen molar-refractivity contribution < 1.29 is 0 Å². The Labute approximate surface area is 109 Å². The van der Waals surface area contributed by atoms with Crippen LogP contribution in [0.5, 0.6) is 0 Å². The van der Waals surface area contributed by atoms with Gasteiger partial charge in [0, 0.05) is 5.54 Å². The van der Waals surface area contributed by atoms with Gasteiger partial charge in [-0.25, -0.2) is 0 Å². The van der Waals surface area contributed by atoms with Crippen molar-refractivity contribution in [2.75, 3.05) is 0 Å². The molecule has 0 atom stereocenters. The zero-order valence-electron chi connectivity index (χ0n) is 10.8. The Morgan fingerprint density at radius 2 is 1.50 bits per heavy atom. The fraction of sp³-hybridized carbons (Fsp3) is 0.294. The summed E-state index contributed by atoms with van der Waals surface area (Å²) in [6, 6.07) is 17.2. The molecule has 0 bridgehead atoms. The first-order valence-corrected chi connectivity index (χ1v) is 6.56. The Kier molecular flexibility index (Phi) is 2.71. The van der Waals surface area contributed by atoms with E-state index in [0.717, 1.165) is 19.3 Å². The van der Waals surface area contributed by atoms with E-state index in [1.165, 1.54) is 22.3 Å². The monoisotopic (exact) mass is 237 g/mol. The topological polar surface area (TPSA) is 26.0 Å². The molecule has 1 heteroatoms. The van der Waals surface area contributed by atoms with Crippen LogP contribution in [0.4, 0.5) is 0 Å². The van der Waals surface area contributed by atoms with Crippen LogP contribution in [0, 0.1) is 6.92 Å². The minimum atomic E-state index is -0.101. The molecule has 0 unspecified atom stereocenters. The van der Waals surface area contributed by atoms with Gasteiger partial charge in [-0.2, -0.15) is 0 Å². The molecule has 18 heavy (non-hydrogen) atoms. The number of fused-ring (bicyclic) bond motifs is 1. The number of hydrogen-bond acceptors (Lipinski definition) is 1. The predicted molar refractivity (Wildman–Crippen MR) is 75.7 cm³/mol. The van der Waals surface area contributed by atoms with Crippen LogP contribution >= 0.6 is 0 Å². The second-order valence-corrected chi connectivity index (χ2v) is 5.59. The summed E-state index contributed by atoms with van der Waals surface area (Å²) in [6.45, 7) is 2.17. The van der Waals surface area contributed by atoms with Gasteiger partial charge in [0.05, 0.1) is 0 Å². The largest absolute Gasteiger partial charge is 0.324 e. The van der Waals surface area contributed by atoms with Crippen molar-refractivity contribution in [1.29, 1.82) is 0 Å². The van der Waals surface area contributed by atoms with Gasteiger partial charge in [-0.15, -0.1) is 0 Å². The Bertz CT molecular complexity index is 546. The third-order valence-electron chi connectivity index (χ3n) is 4.01. The van der Waals surface area contributed by atoms with E-state index in [0.29, 0.717) is 0 Å². The third kappa shape index (κ3) is 2.06. The number of rotatable bonds is 2. The lowest BCUT2D eigenvalue weighted by Gasteiger charge is -2.24. The highest BCUT2D eigenvalue weighted by Crippen LogP contribution is 2.31. The molecular weight excluding hydrogens is 218 g/mol. The molecule has 2 aromatic rings. The molecule has 0 aliphatic heterocycles. The molecule has 0 amide bonds. The summed E-state index contributed by atoms with van der Waals surface area (Å²) in [7, 11) is 0. The highest BCUT2D eigenvalue weighted by molar-refractivity contribution is 5.38. The van der Waals surface area contributed by atoms with Gasteiger partial charge in [0.1, 0.15) is 0 Å². The molecule has 0 spiro atoms. The summed E-state index contributed by atoms with van der Waals surface area (Å²) in [5.74, 6) is 0. The maximum absolute atomic E-state index is 6.61. The average molecular weight is 237 g/mol. The zero-order chi connectivity index (χ0) is 12.6. The molecule has 0 heterocycles. The SMILES string of the molecule is Cc1ccccc1CC1(N)Cc2ccccc2C1. The average Bonchev–Trinajstić information content (AvgIpc) is 2.68. The van der Waals surface area contributed by atoms with Crippen LogP contribution in [0.25, 0.3) is 0 Å². The van der Waals surface area contributed by atoms with Gasteiger partial charge in [-0.1, -0.05) is 48.5 Å². The molecule has 1 nitrogen and oxygen atoms in total. The molecule has 0 saturated carbocycles. The molecule has 1 aliphatic carbocycles. The molecule has 0 aromatic heterocycles. The van der Waals surface area contributed by atoms with E-state index in [1.807, 2.05) is 0 Å². The van der Waals surface area contributed by atoms with Gasteiger partial charge >= 0.3 is 0 Å². The quantitative estimate of drug-likeness (QED) is 0.853. The number of benzene rings is 2. The minimum absolute atomic E-state index is 0.101. The van der Waals surface area contributed by atoms with Crippen molar-refractivity contribution in [3.63, 3.8) is 0 Å². The van der Waals surface area contributed by atoms with Gasteiger partial charge in [0.25, 0.3) is 0 Å². The molecule has 0 fully saturated rings. The predicted octanol–water partition coefficient (Wildman–Crippen LogP) is 3.03. The fourth-order valence-corrected chi connectivity index (χ4v) is 3.04. The van der Waals surface area contributed by atoms with E-state index in [1.54, 1.807) is 0 Å². The van der Waals surface area contributed by atoms with Gasteiger partial charge in [0.2, 0.25) is 0 Å². The van der Waals surface area contributed by atoms with Gasteiger partial charge in [-0.05, 0) is 48.4 Å². The van der Waals surface area contributed by atoms with E-state index in [2.05, 4.69) is 55.5 Å². The van der Waals surface area contributed by atoms with Crippen LogP contribution in [-0.4, -0.2) is 5.54 Å². The first-order chi connectivity index (χ1) is 8.66. The Hall–Kier alpha value is -1.60. The van der Waals surface area contributed by atoms with Crippen molar-refractivity contribution in [1.82, 2.24) is 0 Å². The smallest absolute Gasteiger partial charge is 0.0277 e. The van der Waals surface area contributed by atoms with Crippen molar-refractivity contribution in [3.8, 4) is 0 Å². The number of aryl methyl sites for hydroxylation is 1. The lowest BCUT2D eigenvalue weighted by atomic mass is 9.87. The lowest BCUT2D eigenvalue weighted by molar-refractivity contribution is 0.445. The summed E-state index contributed by atoms with van der Waals surface area (Å²) < 4.78 is 0. The molecule has 2 N–H and O–H groups in total. The molecule has 0 radical (unpaired) electrons. The molecular formula is C17H19N. The zero-order valence-corrected chi connectivity index (χ0v) is 10.8. The van der Waals surface area contributed by atoms with Crippen molar-refractivity contribution in [3.05, 3.63) is 70.8 Å². The van der Waals surface area contributed by atoms with Gasteiger partial charge in [-0.3, -0.25) is 0 Å². The highest BCUT2D eigenvalue weighted by atomic mass is 14.8. The normalized spacial score (nSPS) is 16.6. The second-order valence-electron chi connectivity index (χ2n) is 5.59. The summed E-state index contributed by atoms with van der Waals surface area (Å²) in [6.07, 6.45) is 2.96. The number of nitrogens with two attached hydrogens (primary N) is 1. The van der Waals surface area contributed by atoms with Gasteiger partial charge in [0.15, 0.2) is 0 Å². The number of hydrogen-bond donors (Lipinski definition) is 1. The van der Waals surface area contributed by atoms with E-state index in [-0.39, 0.29) is 5.54 Å². The molecule has 1 aliphatic rings. The van der Waals surface area contributed by atoms with Crippen LogP contribution in [0.1, 0.15) is 22.3 Å². The standard InChI is InChI=1S/C17H19N/c1-13-6-2-3-7-14(13)10-17(18)11-15-8-4-5-9-16(15)12-17/h2-9H,10-12,18H2,1H3. The third-order valence-corrected chi connectivity index (χ3v) is 4.01. The summed E-state index contributed by atoms with van der Waals surface area (Å²) in [5, 5.41) is 0. The van der Waals surface area contributed by atoms with E-state index >= 15 is 0 Å². The second kappa shape index (κ2) is 4.25. The van der Waals surface area contributed by atoms with Crippen LogP contribution in [0.2, 0.25) is 0 Å². The highest BCUT2D eigenvalue weighted by Gasteiger charge is 2.33. The minimum Gasteiger partial charge on any atom is -0.324 e. The molecule has 3 rings (SSSR count). The maximum atomic E-state index is 6.61. The van der Waals surface area contributed by atoms with Crippen LogP contribution in [0.3, 0.4) is 0 Å². The Balaban J connectivity index is 1.85. The van der Waals surface area contributed by atoms with Gasteiger partial charge < -0.3 is 5.73 Å². The summed E-state index contributed by atoms with van der Waals surface area (Å²) in [4.78, 5) is 0. The summed E-state index contributed by atoms with van der Waals surface area (Å²) >= 11 is 0. The van der Waals surface area contributed by atoms with Crippen molar-refractivity contribution >= 4 is 0 Å². The van der Waals surface area contributed by atoms with Crippen LogP contribution < -0.4 is 5.73 Å². The summed E-state index contributed by atoms with van der Waals surface area (Å²) in [5.41, 5.74) is 12.1. The lowest BCUT2D eigenvalue weighted by Crippen LogP contribution is -2.43. The first-order valence-electron chi connectivity index (χ1n) is 6.56. The Morgan fingerprint density at radius 3 is 2.11 bits per heavy atom. The van der Waals surface area contributed by atoms with Crippen LogP contribution in [0.15, 0.2) is 48.5 Å². The van der Waals surface area contributed by atoms with Crippen molar-refractivity contribution in [2.45, 2.75) is 31.7 Å².